The maximum Gasteiger partial charge on any atom is 0.261 e. The first-order chi connectivity index (χ1) is 8.13. The van der Waals surface area contributed by atoms with Crippen molar-refractivity contribution in [2.75, 3.05) is 0 Å². The predicted molar refractivity (Wildman–Crippen MR) is 71.2 cm³/mol. The Kier molecular flexibility index (Phi) is 3.02. The molecule has 0 radical (unpaired) electrons. The summed E-state index contributed by atoms with van der Waals surface area (Å²) < 4.78 is 6.11. The van der Waals surface area contributed by atoms with Crippen molar-refractivity contribution in [2.24, 2.45) is 0 Å². The van der Waals surface area contributed by atoms with Gasteiger partial charge < -0.3 is 4.43 Å². The van der Waals surface area contributed by atoms with Crippen LogP contribution in [0.1, 0.15) is 33.6 Å². The molecule has 0 aromatic rings. The fourth-order valence-corrected chi connectivity index (χ4v) is 3.28. The highest BCUT2D eigenvalue weighted by molar-refractivity contribution is 6.74. The number of imide groups is 1. The van der Waals surface area contributed by atoms with E-state index in [0.717, 1.165) is 5.70 Å². The first-order valence-electron chi connectivity index (χ1n) is 6.37. The van der Waals surface area contributed by atoms with Gasteiger partial charge in [-0.1, -0.05) is 26.8 Å². The largest absolute Gasteiger partial charge is 0.404 e. The minimum absolute atomic E-state index is 0.0682. The van der Waals surface area contributed by atoms with E-state index in [4.69, 9.17) is 4.43 Å². The van der Waals surface area contributed by atoms with E-state index in [1.807, 2.05) is 6.08 Å². The van der Waals surface area contributed by atoms with Gasteiger partial charge >= 0.3 is 0 Å². The molecule has 0 spiro atoms. The Morgan fingerprint density at radius 3 is 2.44 bits per heavy atom. The van der Waals surface area contributed by atoms with E-state index in [1.165, 1.54) is 4.90 Å². The third kappa shape index (κ3) is 2.05. The molecule has 0 aromatic heterocycles. The Morgan fingerprint density at radius 1 is 1.33 bits per heavy atom. The van der Waals surface area contributed by atoms with Crippen molar-refractivity contribution >= 4 is 20.1 Å². The lowest BCUT2D eigenvalue weighted by molar-refractivity contribution is -0.142. The Hall–Kier alpha value is -0.943. The van der Waals surface area contributed by atoms with Gasteiger partial charge in [0, 0.05) is 18.5 Å². The molecule has 1 atom stereocenters. The quantitative estimate of drug-likeness (QED) is 0.570. The summed E-state index contributed by atoms with van der Waals surface area (Å²) in [5.41, 5.74) is 0.828. The van der Waals surface area contributed by atoms with Crippen LogP contribution in [-0.2, 0) is 14.0 Å². The van der Waals surface area contributed by atoms with Crippen LogP contribution in [0.15, 0.2) is 11.8 Å². The molecular weight excluding hydrogens is 246 g/mol. The third-order valence-corrected chi connectivity index (χ3v) is 8.67. The number of carbonyl (C=O) groups excluding carboxylic acids is 2. The lowest BCUT2D eigenvalue weighted by Gasteiger charge is -2.37. The van der Waals surface area contributed by atoms with Gasteiger partial charge in [0.2, 0.25) is 5.91 Å². The van der Waals surface area contributed by atoms with Gasteiger partial charge in [0.1, 0.15) is 6.10 Å². The van der Waals surface area contributed by atoms with E-state index in [2.05, 4.69) is 33.9 Å². The summed E-state index contributed by atoms with van der Waals surface area (Å²) in [7, 11) is -1.97. The van der Waals surface area contributed by atoms with Crippen LogP contribution < -0.4 is 0 Å². The van der Waals surface area contributed by atoms with Gasteiger partial charge in [0.05, 0.1) is 0 Å². The van der Waals surface area contributed by atoms with Gasteiger partial charge in [-0.05, 0) is 18.1 Å². The second-order valence-electron chi connectivity index (χ2n) is 6.54. The van der Waals surface area contributed by atoms with Crippen molar-refractivity contribution in [1.29, 1.82) is 0 Å². The second kappa shape index (κ2) is 4.03. The molecule has 0 aromatic carbocycles. The first kappa shape index (κ1) is 13.5. The fourth-order valence-electron chi connectivity index (χ4n) is 2.03. The topological polar surface area (TPSA) is 46.6 Å². The molecule has 2 aliphatic rings. The molecule has 2 amide bonds. The van der Waals surface area contributed by atoms with Crippen LogP contribution in [0.4, 0.5) is 0 Å². The van der Waals surface area contributed by atoms with Crippen molar-refractivity contribution in [3.8, 4) is 0 Å². The molecule has 4 nitrogen and oxygen atoms in total. The molecule has 5 heteroatoms. The average Bonchev–Trinajstić information content (AvgIpc) is 2.69. The zero-order chi connectivity index (χ0) is 13.7. The van der Waals surface area contributed by atoms with E-state index in [1.54, 1.807) is 0 Å². The highest BCUT2D eigenvalue weighted by atomic mass is 28.4. The molecule has 0 bridgehead atoms. The predicted octanol–water partition coefficient (Wildman–Crippen LogP) is 2.42. The summed E-state index contributed by atoms with van der Waals surface area (Å²) in [5, 5.41) is 0.0682. The van der Waals surface area contributed by atoms with Crippen molar-refractivity contribution in [2.45, 2.75) is 57.8 Å². The van der Waals surface area contributed by atoms with Crippen molar-refractivity contribution in [1.82, 2.24) is 4.90 Å². The summed E-state index contributed by atoms with van der Waals surface area (Å²) in [6, 6.07) is 0. The monoisotopic (exact) mass is 267 g/mol. The number of amides is 2. The summed E-state index contributed by atoms with van der Waals surface area (Å²) in [5.74, 6) is -0.287. The molecule has 0 saturated carbocycles. The SMILES string of the molecule is CC(C)(C)[Si](C)(C)OC1CC2=CCC(=O)N2C1=O. The molecular formula is C13H21NO3Si. The lowest BCUT2D eigenvalue weighted by Crippen LogP contribution is -2.46. The second-order valence-corrected chi connectivity index (χ2v) is 11.3. The molecule has 18 heavy (non-hydrogen) atoms. The standard InChI is InChI=1S/C13H21NO3Si/c1-13(2,3)18(4,5)17-10-8-9-6-7-11(15)14(9)12(10)16/h6,10H,7-8H2,1-5H3. The van der Waals surface area contributed by atoms with Gasteiger partial charge in [-0.25, -0.2) is 0 Å². The van der Waals surface area contributed by atoms with Crippen molar-refractivity contribution in [3.63, 3.8) is 0 Å². The van der Waals surface area contributed by atoms with Crippen molar-refractivity contribution in [3.05, 3.63) is 11.8 Å². The van der Waals surface area contributed by atoms with Crippen LogP contribution in [0.3, 0.4) is 0 Å². The normalized spacial score (nSPS) is 24.6. The van der Waals surface area contributed by atoms with E-state index in [-0.39, 0.29) is 16.9 Å². The lowest BCUT2D eigenvalue weighted by atomic mass is 10.2. The van der Waals surface area contributed by atoms with E-state index < -0.39 is 14.4 Å². The Morgan fingerprint density at radius 2 is 1.94 bits per heavy atom. The number of hydrogen-bond donors (Lipinski definition) is 0. The van der Waals surface area contributed by atoms with E-state index in [9.17, 15) is 9.59 Å². The Bertz CT molecular complexity index is 434. The van der Waals surface area contributed by atoms with E-state index in [0.29, 0.717) is 12.8 Å². The zero-order valence-electron chi connectivity index (χ0n) is 11.7. The van der Waals surface area contributed by atoms with Crippen LogP contribution >= 0.6 is 0 Å². The van der Waals surface area contributed by atoms with Crippen LogP contribution in [0.2, 0.25) is 18.1 Å². The number of hydrogen-bond acceptors (Lipinski definition) is 3. The van der Waals surface area contributed by atoms with Crippen LogP contribution in [-0.4, -0.2) is 31.1 Å². The number of nitrogens with zero attached hydrogens (tertiary/aromatic N) is 1. The summed E-state index contributed by atoms with van der Waals surface area (Å²) in [4.78, 5) is 25.0. The minimum atomic E-state index is -1.97. The Balaban J connectivity index is 2.14. The summed E-state index contributed by atoms with van der Waals surface area (Å²) >= 11 is 0. The van der Waals surface area contributed by atoms with Gasteiger partial charge in [-0.3, -0.25) is 14.5 Å². The molecule has 100 valence electrons. The van der Waals surface area contributed by atoms with Crippen LogP contribution in [0.25, 0.3) is 0 Å². The number of fused-ring (bicyclic) bond motifs is 1. The molecule has 2 heterocycles. The summed E-state index contributed by atoms with van der Waals surface area (Å²) in [6.45, 7) is 10.7. The average molecular weight is 267 g/mol. The molecule has 0 aliphatic carbocycles. The molecule has 2 aliphatic heterocycles. The van der Waals surface area contributed by atoms with Crippen LogP contribution in [0.5, 0.6) is 0 Å². The van der Waals surface area contributed by atoms with Gasteiger partial charge in [0.15, 0.2) is 8.32 Å². The Labute approximate surface area is 109 Å². The van der Waals surface area contributed by atoms with Gasteiger partial charge in [-0.2, -0.15) is 0 Å². The minimum Gasteiger partial charge on any atom is -0.404 e. The number of carbonyl (C=O) groups is 2. The third-order valence-electron chi connectivity index (χ3n) is 4.18. The van der Waals surface area contributed by atoms with Gasteiger partial charge in [-0.15, -0.1) is 0 Å². The van der Waals surface area contributed by atoms with E-state index >= 15 is 0 Å². The molecule has 1 fully saturated rings. The van der Waals surface area contributed by atoms with Crippen LogP contribution in [0, 0.1) is 0 Å². The molecule has 1 unspecified atom stereocenters. The number of rotatable bonds is 2. The smallest absolute Gasteiger partial charge is 0.261 e. The van der Waals surface area contributed by atoms with Gasteiger partial charge in [0.25, 0.3) is 5.91 Å². The summed E-state index contributed by atoms with van der Waals surface area (Å²) in [6.07, 6.45) is 2.29. The molecule has 0 N–H and O–H groups in total. The first-order valence-corrected chi connectivity index (χ1v) is 9.28. The maximum atomic E-state index is 12.2. The maximum absolute atomic E-state index is 12.2. The van der Waals surface area contributed by atoms with Crippen molar-refractivity contribution < 1.29 is 14.0 Å². The molecule has 1 saturated heterocycles. The fraction of sp³-hybridized carbons (Fsp3) is 0.692. The zero-order valence-corrected chi connectivity index (χ0v) is 12.7. The highest BCUT2D eigenvalue weighted by Gasteiger charge is 2.47. The highest BCUT2D eigenvalue weighted by Crippen LogP contribution is 2.40. The molecule has 2 rings (SSSR count).